The molecule has 0 fully saturated rings. The van der Waals surface area contributed by atoms with Crippen LogP contribution in [0.4, 0.5) is 11.8 Å². The summed E-state index contributed by atoms with van der Waals surface area (Å²) in [6.07, 6.45) is 11.1. The average molecular weight is 524 g/mol. The lowest BCUT2D eigenvalue weighted by Crippen LogP contribution is -2.39. The number of aromatic nitrogens is 4. The lowest BCUT2D eigenvalue weighted by Gasteiger charge is -2.29. The zero-order chi connectivity index (χ0) is 27.7. The van der Waals surface area contributed by atoms with Crippen LogP contribution in [0.3, 0.4) is 0 Å². The van der Waals surface area contributed by atoms with Gasteiger partial charge in [0.1, 0.15) is 5.52 Å². The van der Waals surface area contributed by atoms with Crippen molar-refractivity contribution in [2.45, 2.75) is 84.7 Å². The lowest BCUT2D eigenvalue weighted by molar-refractivity contribution is 0.212. The van der Waals surface area contributed by atoms with E-state index in [9.17, 15) is 9.90 Å². The van der Waals surface area contributed by atoms with Crippen LogP contribution in [0.2, 0.25) is 0 Å². The molecule has 3 rings (SSSR count). The molecule has 9 nitrogen and oxygen atoms in total. The first-order valence-electron chi connectivity index (χ1n) is 14.0. The van der Waals surface area contributed by atoms with Crippen LogP contribution in [0, 0.1) is 0 Å². The van der Waals surface area contributed by atoms with E-state index in [2.05, 4.69) is 41.0 Å². The van der Waals surface area contributed by atoms with E-state index in [1.807, 2.05) is 19.2 Å². The highest BCUT2D eigenvalue weighted by molar-refractivity contribution is 5.89. The Bertz CT molecular complexity index is 1250. The molecule has 0 aliphatic heterocycles. The molecule has 3 heterocycles. The second-order valence-corrected chi connectivity index (χ2v) is 10.6. The summed E-state index contributed by atoms with van der Waals surface area (Å²) in [5.41, 5.74) is 9.39. The molecule has 0 spiro atoms. The number of anilines is 2. The fraction of sp³-hybridized carbons (Fsp3) is 0.586. The number of aryl methyl sites for hydroxylation is 1. The zero-order valence-corrected chi connectivity index (χ0v) is 23.8. The van der Waals surface area contributed by atoms with Crippen molar-refractivity contribution in [1.82, 2.24) is 24.4 Å². The second kappa shape index (κ2) is 13.7. The van der Waals surface area contributed by atoms with E-state index in [0.29, 0.717) is 16.9 Å². The molecule has 3 aromatic rings. The summed E-state index contributed by atoms with van der Waals surface area (Å²) in [6.45, 7) is 11.3. The van der Waals surface area contributed by atoms with Crippen LogP contribution in [-0.2, 0) is 13.6 Å². The molecule has 0 aromatic carbocycles. The van der Waals surface area contributed by atoms with Gasteiger partial charge in [-0.05, 0) is 56.5 Å². The first-order valence-corrected chi connectivity index (χ1v) is 14.0. The summed E-state index contributed by atoms with van der Waals surface area (Å²) in [4.78, 5) is 28.8. The number of aliphatic hydroxyl groups excluding tert-OH is 1. The van der Waals surface area contributed by atoms with Gasteiger partial charge in [-0.3, -0.25) is 14.7 Å². The number of nitrogen functional groups attached to an aromatic ring is 1. The Labute approximate surface area is 226 Å². The molecule has 208 valence electrons. The molecule has 38 heavy (non-hydrogen) atoms. The molecule has 0 radical (unpaired) electrons. The van der Waals surface area contributed by atoms with Crippen LogP contribution in [0.5, 0.6) is 0 Å². The standard InChI is InChI=1S/C29H45N7O2/c1-6-9-12-29(4,20-37)34-27-26-24(32-28(30)33-27)15-21(17-31-26)23-16-25(38)35(5)18-22(23)19-36(13-10-7-2)14-11-8-3/h15-18,37H,6-14,19-20H2,1-5H3,(H3,30,32,33,34)/t29-/m1/s1. The number of rotatable bonds is 15. The first-order chi connectivity index (χ1) is 18.2. The summed E-state index contributed by atoms with van der Waals surface area (Å²) in [7, 11) is 1.79. The minimum atomic E-state index is -0.552. The highest BCUT2D eigenvalue weighted by atomic mass is 16.3. The van der Waals surface area contributed by atoms with Gasteiger partial charge in [-0.2, -0.15) is 4.98 Å². The largest absolute Gasteiger partial charge is 0.394 e. The third-order valence-corrected chi connectivity index (χ3v) is 7.08. The molecule has 0 saturated carbocycles. The van der Waals surface area contributed by atoms with Crippen LogP contribution in [0.1, 0.15) is 78.2 Å². The molecule has 0 amide bonds. The molecule has 9 heteroatoms. The number of nitrogens with one attached hydrogen (secondary N) is 1. The summed E-state index contributed by atoms with van der Waals surface area (Å²) in [6, 6.07) is 3.61. The Morgan fingerprint density at radius 3 is 2.39 bits per heavy atom. The van der Waals surface area contributed by atoms with Gasteiger partial charge in [0.15, 0.2) is 5.82 Å². The number of nitrogens with zero attached hydrogens (tertiary/aromatic N) is 5. The molecule has 0 aliphatic rings. The van der Waals surface area contributed by atoms with Gasteiger partial charge < -0.3 is 20.7 Å². The summed E-state index contributed by atoms with van der Waals surface area (Å²) < 4.78 is 1.64. The average Bonchev–Trinajstić information content (AvgIpc) is 2.90. The maximum atomic E-state index is 12.7. The van der Waals surface area contributed by atoms with Crippen molar-refractivity contribution < 1.29 is 5.11 Å². The van der Waals surface area contributed by atoms with E-state index < -0.39 is 5.54 Å². The van der Waals surface area contributed by atoms with Crippen molar-refractivity contribution >= 4 is 22.8 Å². The van der Waals surface area contributed by atoms with Crippen molar-refractivity contribution in [3.63, 3.8) is 0 Å². The van der Waals surface area contributed by atoms with Gasteiger partial charge in [0.25, 0.3) is 5.56 Å². The van der Waals surface area contributed by atoms with E-state index >= 15 is 0 Å². The third-order valence-electron chi connectivity index (χ3n) is 7.08. The SMILES string of the molecule is CCCCN(CCCC)Cc1cn(C)c(=O)cc1-c1cnc2c(N[C@@](C)(CO)CCCC)nc(N)nc2c1. The van der Waals surface area contributed by atoms with Crippen molar-refractivity contribution in [2.24, 2.45) is 7.05 Å². The Hall–Kier alpha value is -3.04. The lowest BCUT2D eigenvalue weighted by atomic mass is 9.96. The van der Waals surface area contributed by atoms with Crippen LogP contribution in [-0.4, -0.2) is 54.8 Å². The fourth-order valence-corrected chi connectivity index (χ4v) is 4.66. The summed E-state index contributed by atoms with van der Waals surface area (Å²) in [5, 5.41) is 13.4. The molecule has 3 aromatic heterocycles. The van der Waals surface area contributed by atoms with Gasteiger partial charge in [-0.1, -0.05) is 46.5 Å². The van der Waals surface area contributed by atoms with Crippen LogP contribution >= 0.6 is 0 Å². The zero-order valence-electron chi connectivity index (χ0n) is 23.8. The minimum Gasteiger partial charge on any atom is -0.394 e. The van der Waals surface area contributed by atoms with Crippen LogP contribution < -0.4 is 16.6 Å². The predicted molar refractivity (Wildman–Crippen MR) is 156 cm³/mol. The summed E-state index contributed by atoms with van der Waals surface area (Å²) in [5.74, 6) is 0.630. The topological polar surface area (TPSA) is 122 Å². The van der Waals surface area contributed by atoms with E-state index in [1.165, 1.54) is 0 Å². The molecule has 0 aliphatic carbocycles. The highest BCUT2D eigenvalue weighted by Gasteiger charge is 2.25. The number of nitrogens with two attached hydrogens (primary N) is 1. The second-order valence-electron chi connectivity index (χ2n) is 10.6. The van der Waals surface area contributed by atoms with E-state index in [-0.39, 0.29) is 18.1 Å². The third kappa shape index (κ3) is 7.51. The number of hydrogen-bond acceptors (Lipinski definition) is 8. The van der Waals surface area contributed by atoms with E-state index in [0.717, 1.165) is 81.3 Å². The smallest absolute Gasteiger partial charge is 0.250 e. The van der Waals surface area contributed by atoms with Gasteiger partial charge in [0.2, 0.25) is 5.95 Å². The maximum Gasteiger partial charge on any atom is 0.250 e. The number of aliphatic hydroxyl groups is 1. The van der Waals surface area contributed by atoms with E-state index in [1.54, 1.807) is 23.9 Å². The molecule has 1 atom stereocenters. The van der Waals surface area contributed by atoms with E-state index in [4.69, 9.17) is 10.7 Å². The fourth-order valence-electron chi connectivity index (χ4n) is 4.66. The van der Waals surface area contributed by atoms with Crippen LogP contribution in [0.15, 0.2) is 29.3 Å². The normalized spacial score (nSPS) is 13.2. The van der Waals surface area contributed by atoms with Gasteiger partial charge in [0.05, 0.1) is 17.7 Å². The molecule has 4 N–H and O–H groups in total. The van der Waals surface area contributed by atoms with Crippen molar-refractivity contribution in [1.29, 1.82) is 0 Å². The number of fused-ring (bicyclic) bond motifs is 1. The molecule has 0 saturated heterocycles. The molecular formula is C29H45N7O2. The quantitative estimate of drug-likeness (QED) is 0.261. The van der Waals surface area contributed by atoms with Crippen molar-refractivity contribution in [3.8, 4) is 11.1 Å². The van der Waals surface area contributed by atoms with Crippen molar-refractivity contribution in [2.75, 3.05) is 30.7 Å². The summed E-state index contributed by atoms with van der Waals surface area (Å²) >= 11 is 0. The first kappa shape index (κ1) is 29.5. The van der Waals surface area contributed by atoms with Gasteiger partial charge in [-0.25, -0.2) is 4.98 Å². The van der Waals surface area contributed by atoms with Crippen LogP contribution in [0.25, 0.3) is 22.2 Å². The monoisotopic (exact) mass is 523 g/mol. The Kier molecular flexibility index (Phi) is 10.6. The Morgan fingerprint density at radius 1 is 1.08 bits per heavy atom. The van der Waals surface area contributed by atoms with Gasteiger partial charge >= 0.3 is 0 Å². The van der Waals surface area contributed by atoms with Gasteiger partial charge in [-0.15, -0.1) is 0 Å². The Balaban J connectivity index is 2.04. The number of pyridine rings is 2. The predicted octanol–water partition coefficient (Wildman–Crippen LogP) is 4.73. The molecular weight excluding hydrogens is 478 g/mol. The minimum absolute atomic E-state index is 0.0419. The van der Waals surface area contributed by atoms with Gasteiger partial charge in [0, 0.05) is 37.6 Å². The number of hydrogen-bond donors (Lipinski definition) is 3. The number of unbranched alkanes of at least 4 members (excludes halogenated alkanes) is 3. The van der Waals surface area contributed by atoms with Crippen molar-refractivity contribution in [3.05, 3.63) is 40.4 Å². The molecule has 0 unspecified atom stereocenters. The maximum absolute atomic E-state index is 12.7. The molecule has 0 bridgehead atoms. The highest BCUT2D eigenvalue weighted by Crippen LogP contribution is 2.30. The Morgan fingerprint density at radius 2 is 1.76 bits per heavy atom.